The fourth-order valence-electron chi connectivity index (χ4n) is 3.18. The van der Waals surface area contributed by atoms with Gasteiger partial charge in [0.05, 0.1) is 18.8 Å². The summed E-state index contributed by atoms with van der Waals surface area (Å²) in [7, 11) is 1.84. The second-order valence-electron chi connectivity index (χ2n) is 7.54. The summed E-state index contributed by atoms with van der Waals surface area (Å²) in [6.07, 6.45) is 3.62. The lowest BCUT2D eigenvalue weighted by Gasteiger charge is -2.15. The molecule has 1 unspecified atom stereocenters. The maximum Gasteiger partial charge on any atom is 0.335 e. The van der Waals surface area contributed by atoms with Gasteiger partial charge in [-0.1, -0.05) is 31.7 Å². The first-order chi connectivity index (χ1) is 16.5. The molecule has 184 valence electrons. The molecule has 1 aromatic carbocycles. The highest BCUT2D eigenvalue weighted by Gasteiger charge is 2.21. The van der Waals surface area contributed by atoms with Crippen molar-refractivity contribution in [3.8, 4) is 5.75 Å². The Morgan fingerprint density at radius 2 is 1.88 bits per heavy atom. The number of pyridine rings is 1. The Labute approximate surface area is 207 Å². The van der Waals surface area contributed by atoms with Crippen molar-refractivity contribution in [1.82, 2.24) is 14.5 Å². The predicted octanol–water partition coefficient (Wildman–Crippen LogP) is 6.01. The summed E-state index contributed by atoms with van der Waals surface area (Å²) in [5.41, 5.74) is 2.20. The first-order valence-electron chi connectivity index (χ1n) is 11.0. The summed E-state index contributed by atoms with van der Waals surface area (Å²) in [5.74, 6) is 1.86. The summed E-state index contributed by atoms with van der Waals surface area (Å²) in [5, 5.41) is 1.09. The van der Waals surface area contributed by atoms with E-state index in [0.29, 0.717) is 25.5 Å². The normalized spacial score (nSPS) is 12.3. The smallest absolute Gasteiger partial charge is 0.335 e. The Balaban J connectivity index is 1.83. The van der Waals surface area contributed by atoms with Gasteiger partial charge in [0.1, 0.15) is 23.2 Å². The second kappa shape index (κ2) is 13.8. The summed E-state index contributed by atoms with van der Waals surface area (Å²) in [6, 6.07) is 12.0. The Kier molecular flexibility index (Phi) is 10.8. The molecule has 3 rings (SSSR count). The van der Waals surface area contributed by atoms with E-state index in [-0.39, 0.29) is 12.7 Å². The van der Waals surface area contributed by atoms with Crippen molar-refractivity contribution in [1.29, 1.82) is 0 Å². The van der Waals surface area contributed by atoms with E-state index >= 15 is 0 Å². The van der Waals surface area contributed by atoms with Crippen molar-refractivity contribution in [3.63, 3.8) is 0 Å². The first kappa shape index (κ1) is 26.6. The quantitative estimate of drug-likeness (QED) is 0.195. The highest BCUT2D eigenvalue weighted by molar-refractivity contribution is 7.99. The van der Waals surface area contributed by atoms with Gasteiger partial charge >= 0.3 is 8.60 Å². The number of methoxy groups -OCH3 is 1. The number of benzene rings is 1. The molecule has 0 aliphatic rings. The third-order valence-corrected chi connectivity index (χ3v) is 6.92. The molecule has 8 nitrogen and oxygen atoms in total. The van der Waals surface area contributed by atoms with Gasteiger partial charge in [0, 0.05) is 31.5 Å². The number of ether oxygens (including phenoxy) is 2. The number of rotatable bonds is 14. The van der Waals surface area contributed by atoms with E-state index in [4.69, 9.17) is 28.0 Å². The number of hydrogen-bond acceptors (Lipinski definition) is 8. The highest BCUT2D eigenvalue weighted by Crippen LogP contribution is 2.39. The van der Waals surface area contributed by atoms with Gasteiger partial charge < -0.3 is 23.1 Å². The van der Waals surface area contributed by atoms with Crippen LogP contribution < -0.4 is 4.74 Å². The molecule has 0 aliphatic carbocycles. The maximum absolute atomic E-state index is 5.78. The molecule has 2 heterocycles. The predicted molar refractivity (Wildman–Crippen MR) is 133 cm³/mol. The Morgan fingerprint density at radius 1 is 1.09 bits per heavy atom. The van der Waals surface area contributed by atoms with Gasteiger partial charge in [-0.15, -0.1) is 0 Å². The lowest BCUT2D eigenvalue weighted by molar-refractivity contribution is 0.0865. The van der Waals surface area contributed by atoms with Gasteiger partial charge in [0.25, 0.3) is 0 Å². The van der Waals surface area contributed by atoms with Crippen LogP contribution in [0.3, 0.4) is 0 Å². The zero-order valence-electron chi connectivity index (χ0n) is 20.3. The largest absolute Gasteiger partial charge is 0.467 e. The molecule has 0 radical (unpaired) electrons. The van der Waals surface area contributed by atoms with Crippen molar-refractivity contribution in [2.45, 2.75) is 49.8 Å². The minimum Gasteiger partial charge on any atom is -0.467 e. The van der Waals surface area contributed by atoms with Gasteiger partial charge in [-0.2, -0.15) is 0 Å². The standard InChI is InChI=1S/C24H32N3O5PS/c1-6-31-33(29-5)32-17-30-20-8-7-9-21(14-20)34-24-23(18(2)3)26-22(16-28-4)27(24)15-19-10-12-25-13-11-19/h7-14,18H,6,15-17H2,1-5H3. The molecule has 0 N–H and O–H groups in total. The van der Waals surface area contributed by atoms with E-state index in [0.717, 1.165) is 27.0 Å². The van der Waals surface area contributed by atoms with Crippen LogP contribution in [-0.2, 0) is 31.5 Å². The van der Waals surface area contributed by atoms with Crippen LogP contribution in [0.1, 0.15) is 43.8 Å². The van der Waals surface area contributed by atoms with Crippen molar-refractivity contribution in [2.24, 2.45) is 0 Å². The van der Waals surface area contributed by atoms with E-state index in [9.17, 15) is 0 Å². The number of imidazole rings is 1. The molecule has 34 heavy (non-hydrogen) atoms. The number of hydrogen-bond donors (Lipinski definition) is 0. The lowest BCUT2D eigenvalue weighted by Crippen LogP contribution is -2.07. The van der Waals surface area contributed by atoms with Crippen LogP contribution in [0.4, 0.5) is 0 Å². The molecule has 10 heteroatoms. The number of aromatic nitrogens is 3. The van der Waals surface area contributed by atoms with Crippen molar-refractivity contribution in [3.05, 3.63) is 65.9 Å². The van der Waals surface area contributed by atoms with Crippen LogP contribution in [0.25, 0.3) is 0 Å². The average Bonchev–Trinajstić information content (AvgIpc) is 3.16. The molecule has 0 bridgehead atoms. The summed E-state index contributed by atoms with van der Waals surface area (Å²) in [6.45, 7) is 7.89. The van der Waals surface area contributed by atoms with Gasteiger partial charge in [-0.05, 0) is 48.7 Å². The van der Waals surface area contributed by atoms with Gasteiger partial charge in [-0.3, -0.25) is 9.51 Å². The zero-order valence-corrected chi connectivity index (χ0v) is 22.0. The molecule has 1 atom stereocenters. The molecule has 0 aliphatic heterocycles. The van der Waals surface area contributed by atoms with Crippen LogP contribution >= 0.6 is 20.4 Å². The second-order valence-corrected chi connectivity index (χ2v) is 9.93. The van der Waals surface area contributed by atoms with E-state index in [1.54, 1.807) is 26.0 Å². The molecule has 0 amide bonds. The topological polar surface area (TPSA) is 76.9 Å². The monoisotopic (exact) mass is 505 g/mol. The Bertz CT molecular complexity index is 1020. The first-order valence-corrected chi connectivity index (χ1v) is 12.9. The average molecular weight is 506 g/mol. The van der Waals surface area contributed by atoms with Crippen molar-refractivity contribution >= 4 is 20.4 Å². The third kappa shape index (κ3) is 7.50. The SMILES string of the molecule is CCOP(OC)OCOc1cccc(Sc2c(C(C)C)nc(COC)n2Cc2ccncc2)c1. The van der Waals surface area contributed by atoms with E-state index in [2.05, 4.69) is 29.5 Å². The van der Waals surface area contributed by atoms with Crippen LogP contribution in [0, 0.1) is 0 Å². The minimum atomic E-state index is -1.40. The number of nitrogens with zero attached hydrogens (tertiary/aromatic N) is 3. The van der Waals surface area contributed by atoms with E-state index in [1.165, 1.54) is 0 Å². The Morgan fingerprint density at radius 3 is 2.56 bits per heavy atom. The summed E-state index contributed by atoms with van der Waals surface area (Å²) < 4.78 is 29.5. The molecular weight excluding hydrogens is 473 g/mol. The zero-order chi connectivity index (χ0) is 24.3. The van der Waals surface area contributed by atoms with Gasteiger partial charge in [-0.25, -0.2) is 4.98 Å². The molecule has 0 saturated carbocycles. The van der Waals surface area contributed by atoms with Crippen LogP contribution in [0.5, 0.6) is 5.75 Å². The van der Waals surface area contributed by atoms with Crippen molar-refractivity contribution < 1.29 is 23.0 Å². The fourth-order valence-corrected chi connectivity index (χ4v) is 5.03. The molecule has 2 aromatic heterocycles. The van der Waals surface area contributed by atoms with Gasteiger partial charge in [0.2, 0.25) is 0 Å². The summed E-state index contributed by atoms with van der Waals surface area (Å²) in [4.78, 5) is 10.1. The summed E-state index contributed by atoms with van der Waals surface area (Å²) >= 11 is 1.66. The molecule has 0 saturated heterocycles. The molecule has 0 spiro atoms. The minimum absolute atomic E-state index is 0.0445. The van der Waals surface area contributed by atoms with Gasteiger partial charge in [0.15, 0.2) is 6.79 Å². The van der Waals surface area contributed by atoms with Crippen molar-refractivity contribution in [2.75, 3.05) is 27.6 Å². The lowest BCUT2D eigenvalue weighted by atomic mass is 10.1. The fraction of sp³-hybridized carbons (Fsp3) is 0.417. The Hall–Kier alpha value is -2.00. The molecule has 0 fully saturated rings. The molecule has 3 aromatic rings. The third-order valence-electron chi connectivity index (χ3n) is 4.72. The van der Waals surface area contributed by atoms with E-state index < -0.39 is 8.60 Å². The van der Waals surface area contributed by atoms with E-state index in [1.807, 2.05) is 49.6 Å². The highest BCUT2D eigenvalue weighted by atomic mass is 32.2. The maximum atomic E-state index is 5.78. The molecular formula is C24H32N3O5PS. The van der Waals surface area contributed by atoms with Crippen LogP contribution in [0.2, 0.25) is 0 Å². The van der Waals surface area contributed by atoms with Crippen LogP contribution in [0.15, 0.2) is 58.7 Å². The van der Waals surface area contributed by atoms with Crippen LogP contribution in [-0.4, -0.2) is 42.2 Å².